The van der Waals surface area contributed by atoms with Gasteiger partial charge in [-0.2, -0.15) is 5.10 Å². The minimum atomic E-state index is -0.418. The summed E-state index contributed by atoms with van der Waals surface area (Å²) in [4.78, 5) is 12.1. The summed E-state index contributed by atoms with van der Waals surface area (Å²) in [6.45, 7) is 4.56. The number of hydrogen-bond acceptors (Lipinski definition) is 5. The van der Waals surface area contributed by atoms with Crippen LogP contribution in [0.3, 0.4) is 0 Å². The number of carbonyl (C=O) groups excluding carboxylic acids is 1. The van der Waals surface area contributed by atoms with E-state index < -0.39 is 5.91 Å². The zero-order valence-electron chi connectivity index (χ0n) is 18.3. The summed E-state index contributed by atoms with van der Waals surface area (Å²) >= 11 is 3.58. The summed E-state index contributed by atoms with van der Waals surface area (Å²) in [5, 5.41) is 6.35. The van der Waals surface area contributed by atoms with E-state index in [1.54, 1.807) is 19.1 Å². The molecule has 1 heterocycles. The van der Waals surface area contributed by atoms with Crippen LogP contribution in [0.1, 0.15) is 34.4 Å². The Bertz CT molecular complexity index is 1310. The number of hydrogen-bond donors (Lipinski definition) is 1. The molecule has 168 valence electrons. The molecule has 4 rings (SSSR count). The maximum atomic E-state index is 12.1. The monoisotopic (exact) mass is 506 g/mol. The fourth-order valence-electron chi connectivity index (χ4n) is 3.41. The molecule has 1 aromatic heterocycles. The van der Waals surface area contributed by atoms with Gasteiger partial charge in [0.25, 0.3) is 0 Å². The predicted octanol–water partition coefficient (Wildman–Crippen LogP) is 6.25. The highest BCUT2D eigenvalue weighted by molar-refractivity contribution is 9.10. The van der Waals surface area contributed by atoms with Gasteiger partial charge in [-0.05, 0) is 75.9 Å². The molecule has 3 aromatic carbocycles. The van der Waals surface area contributed by atoms with Crippen molar-refractivity contribution >= 4 is 38.8 Å². The van der Waals surface area contributed by atoms with Crippen molar-refractivity contribution < 1.29 is 18.7 Å². The van der Waals surface area contributed by atoms with Gasteiger partial charge in [-0.25, -0.2) is 5.43 Å². The first kappa shape index (κ1) is 22.6. The highest BCUT2D eigenvalue weighted by atomic mass is 79.9. The minimum Gasteiger partial charge on any atom is -0.490 e. The molecule has 1 amide bonds. The molecule has 6 nitrogen and oxygen atoms in total. The number of aryl methyl sites for hydroxylation is 1. The molecule has 7 heteroatoms. The number of nitrogens with one attached hydrogen (secondary N) is 1. The van der Waals surface area contributed by atoms with Crippen LogP contribution >= 0.6 is 15.9 Å². The first-order valence-electron chi connectivity index (χ1n) is 10.5. The lowest BCUT2D eigenvalue weighted by Crippen LogP contribution is -2.16. The Morgan fingerprint density at radius 1 is 1.09 bits per heavy atom. The Hall–Kier alpha value is -3.58. The largest absolute Gasteiger partial charge is 0.490 e. The van der Waals surface area contributed by atoms with Crippen molar-refractivity contribution in [3.8, 4) is 11.5 Å². The summed E-state index contributed by atoms with van der Waals surface area (Å²) in [5.41, 5.74) is 4.28. The van der Waals surface area contributed by atoms with Gasteiger partial charge in [-0.3, -0.25) is 4.79 Å². The van der Waals surface area contributed by atoms with Gasteiger partial charge in [0.1, 0.15) is 12.4 Å². The van der Waals surface area contributed by atoms with Crippen LogP contribution in [0.25, 0.3) is 10.8 Å². The van der Waals surface area contributed by atoms with Gasteiger partial charge < -0.3 is 13.9 Å². The molecule has 1 N–H and O–H groups in total. The van der Waals surface area contributed by atoms with E-state index in [0.29, 0.717) is 30.5 Å². The number of furan rings is 1. The van der Waals surface area contributed by atoms with E-state index in [9.17, 15) is 4.79 Å². The van der Waals surface area contributed by atoms with Crippen LogP contribution in [-0.4, -0.2) is 18.7 Å². The number of nitrogens with zero attached hydrogens (tertiary/aromatic N) is 1. The lowest BCUT2D eigenvalue weighted by molar-refractivity contribution is 0.0926. The van der Waals surface area contributed by atoms with Crippen molar-refractivity contribution in [1.29, 1.82) is 0 Å². The average molecular weight is 507 g/mol. The van der Waals surface area contributed by atoms with E-state index in [4.69, 9.17) is 13.9 Å². The van der Waals surface area contributed by atoms with Crippen LogP contribution in [0.5, 0.6) is 11.5 Å². The molecule has 0 aliphatic carbocycles. The first-order valence-corrected chi connectivity index (χ1v) is 11.3. The van der Waals surface area contributed by atoms with Gasteiger partial charge in [0.15, 0.2) is 17.3 Å². The Kier molecular flexibility index (Phi) is 7.10. The second-order valence-electron chi connectivity index (χ2n) is 7.30. The van der Waals surface area contributed by atoms with Crippen molar-refractivity contribution in [3.63, 3.8) is 0 Å². The number of benzene rings is 3. The normalized spacial score (nSPS) is 11.1. The quantitative estimate of drug-likeness (QED) is 0.226. The average Bonchev–Trinajstić information content (AvgIpc) is 3.25. The van der Waals surface area contributed by atoms with E-state index in [-0.39, 0.29) is 5.76 Å². The summed E-state index contributed by atoms with van der Waals surface area (Å²) in [7, 11) is 0. The van der Waals surface area contributed by atoms with Gasteiger partial charge in [0.05, 0.1) is 17.3 Å². The fourth-order valence-corrected chi connectivity index (χ4v) is 3.99. The molecule has 0 saturated heterocycles. The van der Waals surface area contributed by atoms with Crippen LogP contribution in [-0.2, 0) is 6.61 Å². The minimum absolute atomic E-state index is 0.206. The number of ether oxygens (including phenoxy) is 2. The third-order valence-corrected chi connectivity index (χ3v) is 5.52. The van der Waals surface area contributed by atoms with Gasteiger partial charge in [0.2, 0.25) is 0 Å². The highest BCUT2D eigenvalue weighted by Gasteiger charge is 2.13. The molecule has 0 spiro atoms. The summed E-state index contributed by atoms with van der Waals surface area (Å²) in [6, 6.07) is 21.4. The zero-order valence-corrected chi connectivity index (χ0v) is 19.9. The van der Waals surface area contributed by atoms with E-state index in [0.717, 1.165) is 21.0 Å². The Morgan fingerprint density at radius 2 is 1.91 bits per heavy atom. The predicted molar refractivity (Wildman–Crippen MR) is 132 cm³/mol. The number of fused-ring (bicyclic) bond motifs is 1. The van der Waals surface area contributed by atoms with Crippen LogP contribution in [0, 0.1) is 6.92 Å². The van der Waals surface area contributed by atoms with Gasteiger partial charge in [-0.1, -0.05) is 42.5 Å². The van der Waals surface area contributed by atoms with Crippen LogP contribution < -0.4 is 14.9 Å². The Balaban J connectivity index is 1.51. The van der Waals surface area contributed by atoms with Gasteiger partial charge in [0, 0.05) is 0 Å². The molecular weight excluding hydrogens is 484 g/mol. The molecular formula is C26H23BrN2O4. The van der Waals surface area contributed by atoms with Crippen LogP contribution in [0.4, 0.5) is 0 Å². The lowest BCUT2D eigenvalue weighted by Gasteiger charge is -2.15. The third-order valence-electron chi connectivity index (χ3n) is 4.93. The summed E-state index contributed by atoms with van der Waals surface area (Å²) < 4.78 is 18.0. The Morgan fingerprint density at radius 3 is 2.70 bits per heavy atom. The van der Waals surface area contributed by atoms with Gasteiger partial charge >= 0.3 is 5.91 Å². The maximum absolute atomic E-state index is 12.1. The summed E-state index contributed by atoms with van der Waals surface area (Å²) in [6.07, 6.45) is 1.54. The molecule has 0 aliphatic heterocycles. The lowest BCUT2D eigenvalue weighted by atomic mass is 10.1. The standard InChI is InChI=1S/C26H23BrN2O4/c1-3-31-24-14-18(15-28-29-26(30)23-12-11-17(2)33-23)13-22(27)25(24)32-16-20-9-6-8-19-7-4-5-10-21(19)20/h4-15H,3,16H2,1-2H3,(H,29,30). The van der Waals surface area contributed by atoms with E-state index in [1.807, 2.05) is 37.3 Å². The van der Waals surface area contributed by atoms with Crippen LogP contribution in [0.2, 0.25) is 0 Å². The molecule has 0 radical (unpaired) electrons. The van der Waals surface area contributed by atoms with Crippen molar-refractivity contribution in [2.24, 2.45) is 5.10 Å². The Labute approximate surface area is 200 Å². The van der Waals surface area contributed by atoms with Crippen molar-refractivity contribution in [2.75, 3.05) is 6.61 Å². The molecule has 0 fully saturated rings. The smallest absolute Gasteiger partial charge is 0.307 e. The number of rotatable bonds is 8. The second-order valence-corrected chi connectivity index (χ2v) is 8.15. The number of hydrazone groups is 1. The second kappa shape index (κ2) is 10.4. The van der Waals surface area contributed by atoms with Crippen molar-refractivity contribution in [3.05, 3.63) is 93.9 Å². The number of carbonyl (C=O) groups is 1. The molecule has 4 aromatic rings. The maximum Gasteiger partial charge on any atom is 0.307 e. The molecule has 0 unspecified atom stereocenters. The summed E-state index contributed by atoms with van der Waals surface area (Å²) in [5.74, 6) is 1.64. The topological polar surface area (TPSA) is 73.1 Å². The first-order chi connectivity index (χ1) is 16.0. The van der Waals surface area contributed by atoms with E-state index in [2.05, 4.69) is 50.7 Å². The number of halogens is 1. The molecule has 0 saturated carbocycles. The molecule has 0 atom stereocenters. The molecule has 0 aliphatic rings. The van der Waals surface area contributed by atoms with Crippen molar-refractivity contribution in [1.82, 2.24) is 5.43 Å². The molecule has 33 heavy (non-hydrogen) atoms. The third kappa shape index (κ3) is 5.43. The van der Waals surface area contributed by atoms with Crippen molar-refractivity contribution in [2.45, 2.75) is 20.5 Å². The van der Waals surface area contributed by atoms with E-state index in [1.165, 1.54) is 11.6 Å². The van der Waals surface area contributed by atoms with Gasteiger partial charge in [-0.15, -0.1) is 0 Å². The zero-order chi connectivity index (χ0) is 23.2. The van der Waals surface area contributed by atoms with E-state index >= 15 is 0 Å². The molecule has 0 bridgehead atoms. The highest BCUT2D eigenvalue weighted by Crippen LogP contribution is 2.37. The van der Waals surface area contributed by atoms with Crippen LogP contribution in [0.15, 0.2) is 80.7 Å². The number of amides is 1. The SMILES string of the molecule is CCOc1cc(C=NNC(=O)c2ccc(C)o2)cc(Br)c1OCc1cccc2ccccc12. The fraction of sp³-hybridized carbons (Fsp3) is 0.154.